The van der Waals surface area contributed by atoms with E-state index in [4.69, 9.17) is 14.6 Å². The number of aromatic nitrogens is 1. The summed E-state index contributed by atoms with van der Waals surface area (Å²) in [5, 5.41) is 23.9. The molecule has 1 aliphatic rings. The highest BCUT2D eigenvalue weighted by Crippen LogP contribution is 2.37. The number of rotatable bonds is 9. The summed E-state index contributed by atoms with van der Waals surface area (Å²) in [6, 6.07) is 16.6. The largest absolute Gasteiger partial charge is 0.494 e. The van der Waals surface area contributed by atoms with E-state index in [2.05, 4.69) is 21.7 Å². The Morgan fingerprint density at radius 1 is 1.24 bits per heavy atom. The topological polar surface area (TPSA) is 124 Å². The molecule has 0 saturated carbocycles. The number of fused-ring (bicyclic) bond motifs is 1. The highest BCUT2D eigenvalue weighted by atomic mass is 32.1. The van der Waals surface area contributed by atoms with E-state index >= 15 is 0 Å². The third-order valence-electron chi connectivity index (χ3n) is 5.71. The second-order valence-electron chi connectivity index (χ2n) is 8.06. The molecule has 1 unspecified atom stereocenters. The number of carbonyl (C=O) groups excluding carboxylic acids is 1. The van der Waals surface area contributed by atoms with Crippen LogP contribution in [0.1, 0.15) is 47.0 Å². The predicted molar refractivity (Wildman–Crippen MR) is 146 cm³/mol. The van der Waals surface area contributed by atoms with Crippen LogP contribution in [0.5, 0.6) is 5.75 Å². The van der Waals surface area contributed by atoms with Crippen molar-refractivity contribution in [2.24, 2.45) is 0 Å². The Bertz CT molecular complexity index is 1140. The Kier molecular flexibility index (Phi) is 13.4. The first-order valence-corrected chi connectivity index (χ1v) is 13.0. The summed E-state index contributed by atoms with van der Waals surface area (Å²) in [7, 11) is 1.88. The third-order valence-corrected chi connectivity index (χ3v) is 6.98. The van der Waals surface area contributed by atoms with E-state index in [-0.39, 0.29) is 6.47 Å². The van der Waals surface area contributed by atoms with Gasteiger partial charge in [0.2, 0.25) is 0 Å². The van der Waals surface area contributed by atoms with Gasteiger partial charge < -0.3 is 25.3 Å². The molecule has 8 nitrogen and oxygen atoms in total. The molecule has 0 bridgehead atoms. The van der Waals surface area contributed by atoms with Gasteiger partial charge in [-0.1, -0.05) is 24.3 Å². The molecule has 1 aromatic carbocycles. The molecule has 0 radical (unpaired) electrons. The second-order valence-corrected chi connectivity index (χ2v) is 9.17. The lowest BCUT2D eigenvalue weighted by molar-refractivity contribution is -0.122. The number of aldehydes is 1. The van der Waals surface area contributed by atoms with Gasteiger partial charge in [-0.05, 0) is 61.9 Å². The van der Waals surface area contributed by atoms with Crippen molar-refractivity contribution >= 4 is 29.1 Å². The molecule has 2 aromatic heterocycles. The number of carboxylic acid groups (broad SMARTS) is 1. The molecule has 2 heterocycles. The van der Waals surface area contributed by atoms with Crippen molar-refractivity contribution in [3.63, 3.8) is 0 Å². The van der Waals surface area contributed by atoms with Crippen molar-refractivity contribution in [2.45, 2.75) is 51.6 Å². The van der Waals surface area contributed by atoms with Gasteiger partial charge in [-0.2, -0.15) is 5.26 Å². The molecule has 0 amide bonds. The molecule has 1 aliphatic carbocycles. The van der Waals surface area contributed by atoms with Crippen LogP contribution >= 0.6 is 11.3 Å². The highest BCUT2D eigenvalue weighted by molar-refractivity contribution is 7.16. The summed E-state index contributed by atoms with van der Waals surface area (Å²) in [4.78, 5) is 24.3. The van der Waals surface area contributed by atoms with Gasteiger partial charge in [-0.3, -0.25) is 9.78 Å². The van der Waals surface area contributed by atoms with E-state index in [0.717, 1.165) is 66.1 Å². The molecule has 3 N–H and O–H groups in total. The predicted octanol–water partition coefficient (Wildman–Crippen LogP) is 4.62. The number of thiophene rings is 1. The van der Waals surface area contributed by atoms with Gasteiger partial charge in [0, 0.05) is 37.1 Å². The maximum absolute atomic E-state index is 10.2. The highest BCUT2D eigenvalue weighted by Gasteiger charge is 2.25. The number of ether oxygens (including phenoxy) is 1. The van der Waals surface area contributed by atoms with Gasteiger partial charge >= 0.3 is 0 Å². The molecule has 3 aromatic rings. The number of benzene rings is 1. The second kappa shape index (κ2) is 16.8. The van der Waals surface area contributed by atoms with Gasteiger partial charge in [0.25, 0.3) is 6.47 Å². The molecule has 9 heteroatoms. The maximum atomic E-state index is 10.2. The number of nitrogens with one attached hydrogen (secondary N) is 2. The molecular weight excluding hydrogens is 488 g/mol. The first-order valence-electron chi connectivity index (χ1n) is 12.2. The minimum atomic E-state index is -0.250. The lowest BCUT2D eigenvalue weighted by atomic mass is 9.92. The molecule has 4 rings (SSSR count). The Labute approximate surface area is 222 Å². The zero-order valence-electron chi connectivity index (χ0n) is 21.3. The number of aryl methyl sites for hydroxylation is 1. The van der Waals surface area contributed by atoms with Crippen LogP contribution in [0.25, 0.3) is 0 Å². The smallest absolute Gasteiger partial charge is 0.290 e. The first kappa shape index (κ1) is 29.5. The van der Waals surface area contributed by atoms with Crippen LogP contribution in [0.4, 0.5) is 5.00 Å². The summed E-state index contributed by atoms with van der Waals surface area (Å²) in [5.41, 5.74) is 4.28. The minimum absolute atomic E-state index is 0.250. The van der Waals surface area contributed by atoms with E-state index < -0.39 is 0 Å². The SMILES string of the molecule is CCOc1ccccc1CCC=O.CNc1sc2c(c1C#N)CCC(NCc1ccccn1)C2.O=CO. The molecule has 1 atom stereocenters. The van der Waals surface area contributed by atoms with E-state index in [1.54, 1.807) is 11.3 Å². The van der Waals surface area contributed by atoms with Crippen molar-refractivity contribution in [2.75, 3.05) is 19.0 Å². The summed E-state index contributed by atoms with van der Waals surface area (Å²) in [6.07, 6.45) is 7.15. The number of anilines is 1. The van der Waals surface area contributed by atoms with Crippen molar-refractivity contribution in [3.8, 4) is 11.8 Å². The number of pyridine rings is 1. The van der Waals surface area contributed by atoms with Gasteiger partial charge in [-0.15, -0.1) is 11.3 Å². The summed E-state index contributed by atoms with van der Waals surface area (Å²) >= 11 is 1.72. The van der Waals surface area contributed by atoms with Gasteiger partial charge in [0.1, 0.15) is 23.1 Å². The van der Waals surface area contributed by atoms with E-state index in [0.29, 0.717) is 19.1 Å². The zero-order valence-corrected chi connectivity index (χ0v) is 22.1. The number of carbonyl (C=O) groups is 2. The zero-order chi connectivity index (χ0) is 26.9. The van der Waals surface area contributed by atoms with Gasteiger partial charge in [0.15, 0.2) is 0 Å². The maximum Gasteiger partial charge on any atom is 0.290 e. The summed E-state index contributed by atoms with van der Waals surface area (Å²) in [6.45, 7) is 3.17. The van der Waals surface area contributed by atoms with Crippen LogP contribution in [0, 0.1) is 11.3 Å². The Morgan fingerprint density at radius 3 is 2.65 bits per heavy atom. The van der Waals surface area contributed by atoms with Crippen LogP contribution in [0.3, 0.4) is 0 Å². The fraction of sp³-hybridized carbons (Fsp3) is 0.357. The normalized spacial score (nSPS) is 13.4. The van der Waals surface area contributed by atoms with Crippen molar-refractivity contribution in [1.82, 2.24) is 10.3 Å². The van der Waals surface area contributed by atoms with Crippen molar-refractivity contribution in [3.05, 3.63) is 75.9 Å². The van der Waals surface area contributed by atoms with Gasteiger partial charge in [0.05, 0.1) is 17.9 Å². The molecular formula is C28H34N4O4S. The van der Waals surface area contributed by atoms with E-state index in [9.17, 15) is 10.1 Å². The minimum Gasteiger partial charge on any atom is -0.494 e. The van der Waals surface area contributed by atoms with Crippen LogP contribution in [0.15, 0.2) is 48.7 Å². The number of hydrogen-bond acceptors (Lipinski definition) is 8. The number of nitrogens with zero attached hydrogens (tertiary/aromatic N) is 2. The summed E-state index contributed by atoms with van der Waals surface area (Å²) in [5.74, 6) is 0.895. The molecule has 37 heavy (non-hydrogen) atoms. The average molecular weight is 523 g/mol. The van der Waals surface area contributed by atoms with Crippen molar-refractivity contribution in [1.29, 1.82) is 5.26 Å². The van der Waals surface area contributed by atoms with E-state index in [1.165, 1.54) is 10.4 Å². The standard InChI is InChI=1S/C16H18N4S.C11H14O2.CH2O2/c1-18-16-14(9-17)13-6-5-11(8-15(13)21-16)20-10-12-4-2-3-7-19-12;1-2-13-11-8-4-3-6-10(11)7-5-9-12;2-1-3/h2-4,7,11,18,20H,5-6,8,10H2,1H3;3-4,6,8-9H,2,5,7H2,1H3;1H,(H,2,3). The van der Waals surface area contributed by atoms with Crippen LogP contribution in [0.2, 0.25) is 0 Å². The molecule has 0 fully saturated rings. The summed E-state index contributed by atoms with van der Waals surface area (Å²) < 4.78 is 5.42. The van der Waals surface area contributed by atoms with Gasteiger partial charge in [-0.25, -0.2) is 0 Å². The Morgan fingerprint density at radius 2 is 2.00 bits per heavy atom. The monoisotopic (exact) mass is 522 g/mol. The molecule has 0 saturated heterocycles. The van der Waals surface area contributed by atoms with Crippen molar-refractivity contribution < 1.29 is 19.4 Å². The number of para-hydroxylation sites is 1. The molecule has 0 spiro atoms. The van der Waals surface area contributed by atoms with Crippen LogP contribution in [-0.4, -0.2) is 42.5 Å². The molecule has 0 aliphatic heterocycles. The number of nitriles is 1. The fourth-order valence-corrected chi connectivity index (χ4v) is 5.26. The first-order chi connectivity index (χ1) is 18.1. The quantitative estimate of drug-likeness (QED) is 0.348. The van der Waals surface area contributed by atoms with Crippen LogP contribution < -0.4 is 15.4 Å². The lowest BCUT2D eigenvalue weighted by Crippen LogP contribution is -2.33. The lowest BCUT2D eigenvalue weighted by Gasteiger charge is -2.23. The average Bonchev–Trinajstić information content (AvgIpc) is 3.30. The molecule has 196 valence electrons. The third kappa shape index (κ3) is 9.33. The Balaban J connectivity index is 0.000000258. The number of hydrogen-bond donors (Lipinski definition) is 3. The van der Waals surface area contributed by atoms with Crippen LogP contribution in [-0.2, 0) is 35.4 Å². The van der Waals surface area contributed by atoms with E-state index in [1.807, 2.05) is 62.6 Å². The fourth-order valence-electron chi connectivity index (χ4n) is 4.03. The Hall–Kier alpha value is -3.74.